The van der Waals surface area contributed by atoms with Gasteiger partial charge in [0.1, 0.15) is 17.2 Å². The largest absolute Gasteiger partial charge is 0.478 e. The summed E-state index contributed by atoms with van der Waals surface area (Å²) in [6.07, 6.45) is 1.32. The molecule has 9 nitrogen and oxygen atoms in total. The Bertz CT molecular complexity index is 666. The van der Waals surface area contributed by atoms with Crippen molar-refractivity contribution in [3.63, 3.8) is 0 Å². The van der Waals surface area contributed by atoms with E-state index in [0.717, 1.165) is 0 Å². The van der Waals surface area contributed by atoms with Gasteiger partial charge in [-0.25, -0.2) is 15.3 Å². The van der Waals surface area contributed by atoms with Crippen molar-refractivity contribution in [2.45, 2.75) is 6.61 Å². The molecule has 0 fully saturated rings. The van der Waals surface area contributed by atoms with Gasteiger partial charge in [0.15, 0.2) is 0 Å². The van der Waals surface area contributed by atoms with Crippen LogP contribution in [0, 0.1) is 0 Å². The Morgan fingerprint density at radius 2 is 2.10 bits per heavy atom. The fourth-order valence-electron chi connectivity index (χ4n) is 1.72. The van der Waals surface area contributed by atoms with Crippen molar-refractivity contribution in [2.75, 3.05) is 11.9 Å². The molecule has 0 radical (unpaired) electrons. The molecule has 0 aliphatic carbocycles. The minimum absolute atomic E-state index is 0.0362. The lowest BCUT2D eigenvalue weighted by atomic mass is 10.3. The van der Waals surface area contributed by atoms with Crippen molar-refractivity contribution in [3.8, 4) is 0 Å². The number of aliphatic hydroxyl groups excluding tert-OH is 1. The van der Waals surface area contributed by atoms with Crippen LogP contribution >= 0.6 is 0 Å². The van der Waals surface area contributed by atoms with Gasteiger partial charge in [-0.3, -0.25) is 14.4 Å². The summed E-state index contributed by atoms with van der Waals surface area (Å²) in [5, 5.41) is 29.3. The number of rotatable bonds is 5. The van der Waals surface area contributed by atoms with Crippen molar-refractivity contribution >= 4 is 23.3 Å². The normalized spacial score (nSPS) is 10.5. The maximum Gasteiger partial charge on any atom is 0.337 e. The Morgan fingerprint density at radius 1 is 1.35 bits per heavy atom. The first-order valence-electron chi connectivity index (χ1n) is 5.58. The number of hydroxylamine groups is 1. The average molecular weight is 280 g/mol. The van der Waals surface area contributed by atoms with E-state index in [1.807, 2.05) is 0 Å². The van der Waals surface area contributed by atoms with Crippen molar-refractivity contribution in [1.82, 2.24) is 14.9 Å². The third-order valence-electron chi connectivity index (χ3n) is 2.63. The first-order chi connectivity index (χ1) is 9.56. The fraction of sp³-hybridized carbons (Fsp3) is 0.182. The molecule has 2 heterocycles. The van der Waals surface area contributed by atoms with E-state index in [-0.39, 0.29) is 30.2 Å². The number of carbonyl (C=O) groups is 2. The van der Waals surface area contributed by atoms with Crippen LogP contribution in [0.1, 0.15) is 16.1 Å². The summed E-state index contributed by atoms with van der Waals surface area (Å²) < 4.78 is 1.42. The van der Waals surface area contributed by atoms with Gasteiger partial charge >= 0.3 is 5.97 Å². The van der Waals surface area contributed by atoms with E-state index in [0.29, 0.717) is 5.65 Å². The Labute approximate surface area is 112 Å². The van der Waals surface area contributed by atoms with Crippen LogP contribution in [-0.4, -0.2) is 43.2 Å². The number of pyridine rings is 1. The van der Waals surface area contributed by atoms with Crippen LogP contribution in [0.5, 0.6) is 0 Å². The maximum atomic E-state index is 11.0. The number of carboxylic acids is 1. The van der Waals surface area contributed by atoms with Crippen molar-refractivity contribution in [2.24, 2.45) is 0 Å². The topological polar surface area (TPSA) is 136 Å². The molecule has 0 aliphatic heterocycles. The number of aliphatic hydroxyl groups is 1. The zero-order valence-electron chi connectivity index (χ0n) is 10.2. The highest BCUT2D eigenvalue weighted by Crippen LogP contribution is 2.19. The van der Waals surface area contributed by atoms with Crippen molar-refractivity contribution in [3.05, 3.63) is 29.6 Å². The molecule has 2 rings (SSSR count). The minimum Gasteiger partial charge on any atom is -0.478 e. The second kappa shape index (κ2) is 5.55. The van der Waals surface area contributed by atoms with E-state index < -0.39 is 11.9 Å². The predicted molar refractivity (Wildman–Crippen MR) is 66.5 cm³/mol. The van der Waals surface area contributed by atoms with Gasteiger partial charge in [-0.2, -0.15) is 0 Å². The first kappa shape index (κ1) is 13.8. The summed E-state index contributed by atoms with van der Waals surface area (Å²) in [7, 11) is 0. The predicted octanol–water partition coefficient (Wildman–Crippen LogP) is -0.558. The summed E-state index contributed by atoms with van der Waals surface area (Å²) >= 11 is 0. The molecule has 9 heteroatoms. The Morgan fingerprint density at radius 3 is 2.70 bits per heavy atom. The van der Waals surface area contributed by atoms with Crippen LogP contribution in [0.25, 0.3) is 5.65 Å². The van der Waals surface area contributed by atoms with Crippen molar-refractivity contribution in [1.29, 1.82) is 0 Å². The molecule has 106 valence electrons. The molecule has 2 aromatic rings. The zero-order valence-corrected chi connectivity index (χ0v) is 10.2. The van der Waals surface area contributed by atoms with Crippen LogP contribution in [0.15, 0.2) is 18.3 Å². The molecule has 0 unspecified atom stereocenters. The molecule has 0 atom stereocenters. The summed E-state index contributed by atoms with van der Waals surface area (Å²) in [6, 6.07) is 2.87. The quantitative estimate of drug-likeness (QED) is 0.366. The molecule has 0 aromatic carbocycles. The highest BCUT2D eigenvalue weighted by atomic mass is 16.5. The number of aromatic nitrogens is 2. The molecule has 0 saturated heterocycles. The van der Waals surface area contributed by atoms with E-state index in [4.69, 9.17) is 10.3 Å². The number of hydrogen-bond donors (Lipinski definition) is 5. The number of nitrogens with zero attached hydrogens (tertiary/aromatic N) is 2. The highest BCUT2D eigenvalue weighted by molar-refractivity contribution is 5.88. The number of amides is 1. The summed E-state index contributed by atoms with van der Waals surface area (Å²) in [5.41, 5.74) is 2.18. The molecule has 0 saturated carbocycles. The molecular formula is C11H12N4O5. The number of carbonyl (C=O) groups excluding carboxylic acids is 1. The smallest absolute Gasteiger partial charge is 0.337 e. The van der Waals surface area contributed by atoms with Crippen LogP contribution in [-0.2, 0) is 11.4 Å². The summed E-state index contributed by atoms with van der Waals surface area (Å²) in [5.74, 6) is -1.50. The van der Waals surface area contributed by atoms with Gasteiger partial charge in [-0.15, -0.1) is 0 Å². The third kappa shape index (κ3) is 2.53. The lowest BCUT2D eigenvalue weighted by molar-refractivity contribution is -0.127. The van der Waals surface area contributed by atoms with E-state index in [1.165, 1.54) is 28.2 Å². The number of anilines is 1. The first-order valence-corrected chi connectivity index (χ1v) is 5.58. The second-order valence-electron chi connectivity index (χ2n) is 3.90. The zero-order chi connectivity index (χ0) is 14.7. The van der Waals surface area contributed by atoms with E-state index in [2.05, 4.69) is 10.3 Å². The van der Waals surface area contributed by atoms with Gasteiger partial charge in [-0.05, 0) is 12.1 Å². The Hall–Kier alpha value is -2.65. The van der Waals surface area contributed by atoms with Gasteiger partial charge in [0.2, 0.25) is 0 Å². The number of nitrogens with one attached hydrogen (secondary N) is 2. The fourth-order valence-corrected chi connectivity index (χ4v) is 1.72. The summed E-state index contributed by atoms with van der Waals surface area (Å²) in [6.45, 7) is -0.637. The van der Waals surface area contributed by atoms with Gasteiger partial charge in [0.25, 0.3) is 5.91 Å². The molecule has 5 N–H and O–H groups in total. The average Bonchev–Trinajstić information content (AvgIpc) is 2.81. The summed E-state index contributed by atoms with van der Waals surface area (Å²) in [4.78, 5) is 26.1. The molecule has 20 heavy (non-hydrogen) atoms. The Kier molecular flexibility index (Phi) is 3.82. The number of fused-ring (bicyclic) bond motifs is 1. The standard InChI is InChI=1S/C11H12N4O5/c16-5-7-10(12-3-9(17)14-20)15-4-6(11(18)19)1-2-8(15)13-7/h1-2,4,12,16,20H,3,5H2,(H,14,17)(H,18,19). The molecule has 2 aromatic heterocycles. The monoisotopic (exact) mass is 280 g/mol. The number of imidazole rings is 1. The van der Waals surface area contributed by atoms with Crippen molar-refractivity contribution < 1.29 is 25.0 Å². The SMILES string of the molecule is O=C(CNc1c(CO)nc2ccc(C(=O)O)cn12)NO. The minimum atomic E-state index is -1.11. The lowest BCUT2D eigenvalue weighted by Crippen LogP contribution is -2.27. The highest BCUT2D eigenvalue weighted by Gasteiger charge is 2.14. The number of carboxylic acid groups (broad SMARTS) is 1. The molecular weight excluding hydrogens is 268 g/mol. The molecule has 1 amide bonds. The molecule has 0 spiro atoms. The molecule has 0 aliphatic rings. The second-order valence-corrected chi connectivity index (χ2v) is 3.90. The van der Waals surface area contributed by atoms with Gasteiger partial charge in [-0.1, -0.05) is 0 Å². The van der Waals surface area contributed by atoms with Gasteiger partial charge < -0.3 is 15.5 Å². The van der Waals surface area contributed by atoms with Gasteiger partial charge in [0.05, 0.1) is 18.7 Å². The van der Waals surface area contributed by atoms with Crippen LogP contribution in [0.3, 0.4) is 0 Å². The maximum absolute atomic E-state index is 11.0. The lowest BCUT2D eigenvalue weighted by Gasteiger charge is -2.07. The van der Waals surface area contributed by atoms with Crippen LogP contribution in [0.4, 0.5) is 5.82 Å². The number of hydrogen-bond acceptors (Lipinski definition) is 6. The van der Waals surface area contributed by atoms with Crippen LogP contribution < -0.4 is 10.8 Å². The number of aromatic carboxylic acids is 1. The van der Waals surface area contributed by atoms with Gasteiger partial charge in [0, 0.05) is 6.20 Å². The van der Waals surface area contributed by atoms with Crippen LogP contribution in [0.2, 0.25) is 0 Å². The molecule has 0 bridgehead atoms. The Balaban J connectivity index is 2.45. The van der Waals surface area contributed by atoms with E-state index >= 15 is 0 Å². The third-order valence-corrected chi connectivity index (χ3v) is 2.63. The van der Waals surface area contributed by atoms with E-state index in [9.17, 15) is 14.7 Å². The van der Waals surface area contributed by atoms with E-state index in [1.54, 1.807) is 0 Å².